The minimum atomic E-state index is -0.907. The summed E-state index contributed by atoms with van der Waals surface area (Å²) in [7, 11) is 0. The number of nitrogens with zero attached hydrogens (tertiary/aromatic N) is 1. The average Bonchev–Trinajstić information content (AvgIpc) is 2.65. The van der Waals surface area contributed by atoms with E-state index in [0.717, 1.165) is 6.29 Å². The molecule has 9 heteroatoms. The van der Waals surface area contributed by atoms with Crippen LogP contribution in [-0.2, 0) is 25.6 Å². The second-order valence-corrected chi connectivity index (χ2v) is 6.00. The Balaban J connectivity index is 2.12. The normalized spacial score (nSPS) is 17.8. The molecule has 1 heterocycles. The maximum atomic E-state index is 12.8. The van der Waals surface area contributed by atoms with Gasteiger partial charge in [0.15, 0.2) is 0 Å². The zero-order valence-electron chi connectivity index (χ0n) is 14.2. The molecule has 0 spiro atoms. The van der Waals surface area contributed by atoms with E-state index >= 15 is 0 Å². The zero-order chi connectivity index (χ0) is 18.9. The van der Waals surface area contributed by atoms with E-state index in [1.165, 1.54) is 17.1 Å². The van der Waals surface area contributed by atoms with Crippen LogP contribution in [0, 0.1) is 0 Å². The van der Waals surface area contributed by atoms with Crippen LogP contribution in [0.1, 0.15) is 18.4 Å². The van der Waals surface area contributed by atoms with Gasteiger partial charge in [0.1, 0.15) is 18.1 Å². The van der Waals surface area contributed by atoms with Crippen molar-refractivity contribution in [3.63, 3.8) is 0 Å². The predicted octanol–water partition coefficient (Wildman–Crippen LogP) is -1.14. The summed E-state index contributed by atoms with van der Waals surface area (Å²) >= 11 is 0. The third kappa shape index (κ3) is 5.55. The monoisotopic (exact) mass is 362 g/mol. The summed E-state index contributed by atoms with van der Waals surface area (Å²) in [5, 5.41) is 15.8. The highest BCUT2D eigenvalue weighted by atomic mass is 16.3. The molecule has 2 atom stereocenters. The number of amides is 3. The van der Waals surface area contributed by atoms with Crippen molar-refractivity contribution in [3.8, 4) is 5.75 Å². The summed E-state index contributed by atoms with van der Waals surface area (Å²) in [5.41, 5.74) is 3.50. The highest BCUT2D eigenvalue weighted by Crippen LogP contribution is 2.14. The molecule has 9 nitrogen and oxygen atoms in total. The average molecular weight is 362 g/mol. The largest absolute Gasteiger partial charge is 0.508 e. The summed E-state index contributed by atoms with van der Waals surface area (Å²) in [5.74, 6) is -0.848. The van der Waals surface area contributed by atoms with Gasteiger partial charge in [0.05, 0.1) is 12.6 Å². The quantitative estimate of drug-likeness (QED) is 0.433. The first kappa shape index (κ1) is 19.4. The van der Waals surface area contributed by atoms with E-state index < -0.39 is 18.0 Å². The van der Waals surface area contributed by atoms with E-state index in [1.54, 1.807) is 12.1 Å². The molecule has 1 aromatic rings. The molecular formula is C17H22N4O5. The van der Waals surface area contributed by atoms with Crippen LogP contribution in [0.2, 0.25) is 0 Å². The van der Waals surface area contributed by atoms with Gasteiger partial charge in [0.2, 0.25) is 12.3 Å². The second kappa shape index (κ2) is 9.52. The van der Waals surface area contributed by atoms with Gasteiger partial charge in [-0.15, -0.1) is 0 Å². The number of carbonyl (C=O) groups excluding carboxylic acids is 4. The van der Waals surface area contributed by atoms with Gasteiger partial charge in [-0.25, -0.2) is 5.43 Å². The van der Waals surface area contributed by atoms with Gasteiger partial charge in [-0.2, -0.15) is 0 Å². The van der Waals surface area contributed by atoms with E-state index in [4.69, 9.17) is 0 Å². The maximum Gasteiger partial charge on any atom is 0.259 e. The van der Waals surface area contributed by atoms with Crippen molar-refractivity contribution >= 4 is 24.5 Å². The summed E-state index contributed by atoms with van der Waals surface area (Å²) in [6.07, 6.45) is 2.61. The number of rotatable bonds is 8. The summed E-state index contributed by atoms with van der Waals surface area (Å²) in [4.78, 5) is 46.1. The molecule has 1 aliphatic rings. The van der Waals surface area contributed by atoms with Crippen molar-refractivity contribution in [1.29, 1.82) is 0 Å². The second-order valence-electron chi connectivity index (χ2n) is 6.00. The number of benzene rings is 1. The lowest BCUT2D eigenvalue weighted by Crippen LogP contribution is -2.59. The van der Waals surface area contributed by atoms with Crippen LogP contribution in [-0.4, -0.2) is 59.8 Å². The van der Waals surface area contributed by atoms with Crippen molar-refractivity contribution in [1.82, 2.24) is 21.1 Å². The molecular weight excluding hydrogens is 340 g/mol. The van der Waals surface area contributed by atoms with Gasteiger partial charge in [-0.05, 0) is 30.5 Å². The number of hydrogen-bond donors (Lipinski definition) is 4. The molecule has 1 aromatic carbocycles. The SMILES string of the molecule is O=CNCC(=O)NC(Cc1cccc(O)c1)C(=O)N1CCCC(C=O)N1. The van der Waals surface area contributed by atoms with Gasteiger partial charge in [-0.1, -0.05) is 12.1 Å². The fraction of sp³-hybridized carbons (Fsp3) is 0.412. The third-order valence-corrected chi connectivity index (χ3v) is 3.98. The summed E-state index contributed by atoms with van der Waals surface area (Å²) < 4.78 is 0. The highest BCUT2D eigenvalue weighted by Gasteiger charge is 2.29. The Morgan fingerprint density at radius 2 is 2.19 bits per heavy atom. The lowest BCUT2D eigenvalue weighted by atomic mass is 10.0. The Kier molecular flexibility index (Phi) is 7.10. The Bertz CT molecular complexity index is 666. The molecule has 26 heavy (non-hydrogen) atoms. The van der Waals surface area contributed by atoms with Crippen LogP contribution >= 0.6 is 0 Å². The Hall–Kier alpha value is -2.94. The van der Waals surface area contributed by atoms with Gasteiger partial charge in [0.25, 0.3) is 5.91 Å². The van der Waals surface area contributed by atoms with Crippen LogP contribution in [0.5, 0.6) is 5.75 Å². The van der Waals surface area contributed by atoms with Crippen LogP contribution < -0.4 is 16.1 Å². The molecule has 0 saturated carbocycles. The van der Waals surface area contributed by atoms with Gasteiger partial charge < -0.3 is 20.5 Å². The molecule has 0 bridgehead atoms. The van der Waals surface area contributed by atoms with E-state index in [2.05, 4.69) is 16.1 Å². The molecule has 0 aromatic heterocycles. The fourth-order valence-corrected chi connectivity index (χ4v) is 2.76. The molecule has 1 aliphatic heterocycles. The standard InChI is InChI=1S/C17H22N4O5/c22-10-13-4-2-6-21(20-13)17(26)15(19-16(25)9-18-11-23)8-12-3-1-5-14(24)7-12/h1,3,5,7,10-11,13,15,20,24H,2,4,6,8-9H2,(H,18,23)(H,19,25). The number of hydrazine groups is 1. The molecule has 3 amide bonds. The number of carbonyl (C=O) groups is 4. The predicted molar refractivity (Wildman–Crippen MR) is 91.7 cm³/mol. The van der Waals surface area contributed by atoms with Crippen molar-refractivity contribution in [2.45, 2.75) is 31.3 Å². The molecule has 140 valence electrons. The number of phenols is 1. The van der Waals surface area contributed by atoms with Crippen molar-refractivity contribution < 1.29 is 24.3 Å². The number of aromatic hydroxyl groups is 1. The van der Waals surface area contributed by atoms with Gasteiger partial charge in [0, 0.05) is 13.0 Å². The van der Waals surface area contributed by atoms with Gasteiger partial charge >= 0.3 is 0 Å². The molecule has 1 fully saturated rings. The molecule has 0 radical (unpaired) electrons. The minimum absolute atomic E-state index is 0.0553. The molecule has 2 rings (SSSR count). The molecule has 2 unspecified atom stereocenters. The lowest BCUT2D eigenvalue weighted by Gasteiger charge is -2.34. The van der Waals surface area contributed by atoms with Crippen molar-refractivity contribution in [2.24, 2.45) is 0 Å². The summed E-state index contributed by atoms with van der Waals surface area (Å²) in [6, 6.07) is 5.04. The first-order chi connectivity index (χ1) is 12.5. The van der Waals surface area contributed by atoms with Crippen LogP contribution in [0.25, 0.3) is 0 Å². The third-order valence-electron chi connectivity index (χ3n) is 3.98. The zero-order valence-corrected chi connectivity index (χ0v) is 14.2. The maximum absolute atomic E-state index is 12.8. The number of hydrogen-bond acceptors (Lipinski definition) is 6. The Morgan fingerprint density at radius 3 is 2.88 bits per heavy atom. The fourth-order valence-electron chi connectivity index (χ4n) is 2.76. The van der Waals surface area contributed by atoms with E-state index in [-0.39, 0.29) is 24.6 Å². The molecule has 4 N–H and O–H groups in total. The molecule has 1 saturated heterocycles. The lowest BCUT2D eigenvalue weighted by molar-refractivity contribution is -0.141. The van der Waals surface area contributed by atoms with Crippen molar-refractivity contribution in [3.05, 3.63) is 29.8 Å². The highest BCUT2D eigenvalue weighted by molar-refractivity contribution is 5.89. The van der Waals surface area contributed by atoms with Crippen LogP contribution in [0.15, 0.2) is 24.3 Å². The van der Waals surface area contributed by atoms with Crippen molar-refractivity contribution in [2.75, 3.05) is 13.1 Å². The van der Waals surface area contributed by atoms with Crippen LogP contribution in [0.4, 0.5) is 0 Å². The first-order valence-corrected chi connectivity index (χ1v) is 8.30. The van der Waals surface area contributed by atoms with E-state index in [0.29, 0.717) is 31.4 Å². The van der Waals surface area contributed by atoms with Crippen LogP contribution in [0.3, 0.4) is 0 Å². The van der Waals surface area contributed by atoms with Gasteiger partial charge in [-0.3, -0.25) is 19.4 Å². The topological polar surface area (TPSA) is 128 Å². The number of aldehydes is 1. The minimum Gasteiger partial charge on any atom is -0.508 e. The number of phenolic OH excluding ortho intramolecular Hbond substituents is 1. The van der Waals surface area contributed by atoms with E-state index in [9.17, 15) is 24.3 Å². The molecule has 0 aliphatic carbocycles. The Labute approximate surface area is 150 Å². The summed E-state index contributed by atoms with van der Waals surface area (Å²) in [6.45, 7) is 0.167. The Morgan fingerprint density at radius 1 is 1.38 bits per heavy atom. The smallest absolute Gasteiger partial charge is 0.259 e. The number of nitrogens with one attached hydrogen (secondary N) is 3. The van der Waals surface area contributed by atoms with E-state index in [1.807, 2.05) is 0 Å². The first-order valence-electron chi connectivity index (χ1n) is 8.30.